The number of ether oxygens (including phenoxy) is 2. The second-order valence-corrected chi connectivity index (χ2v) is 7.84. The van der Waals surface area contributed by atoms with Crippen LogP contribution in [0.3, 0.4) is 0 Å². The van der Waals surface area contributed by atoms with Crippen LogP contribution in [0.25, 0.3) is 21.9 Å². The fraction of sp³-hybridized carbons (Fsp3) is 0.185. The molecule has 1 aliphatic rings. The predicted octanol–water partition coefficient (Wildman–Crippen LogP) is 5.39. The number of aromatic hydroxyl groups is 1. The smallest absolute Gasteiger partial charge is 0.161 e. The minimum absolute atomic E-state index is 0.0925. The first-order chi connectivity index (χ1) is 15.0. The van der Waals surface area contributed by atoms with Crippen LogP contribution in [0.4, 0.5) is 0 Å². The monoisotopic (exact) mass is 412 g/mol. The summed E-state index contributed by atoms with van der Waals surface area (Å²) in [7, 11) is 3.16. The lowest BCUT2D eigenvalue weighted by Crippen LogP contribution is -2.27. The summed E-state index contributed by atoms with van der Waals surface area (Å²) in [5, 5.41) is 24.8. The highest BCUT2D eigenvalue weighted by Gasteiger charge is 2.45. The van der Waals surface area contributed by atoms with Gasteiger partial charge in [-0.2, -0.15) is 0 Å². The molecule has 0 aliphatic heterocycles. The quantitative estimate of drug-likeness (QED) is 0.472. The van der Waals surface area contributed by atoms with Gasteiger partial charge in [0.25, 0.3) is 0 Å². The predicted molar refractivity (Wildman–Crippen MR) is 122 cm³/mol. The first-order valence-corrected chi connectivity index (χ1v) is 10.4. The second kappa shape index (κ2) is 7.03. The van der Waals surface area contributed by atoms with Gasteiger partial charge in [0.2, 0.25) is 0 Å². The summed E-state index contributed by atoms with van der Waals surface area (Å²) < 4.78 is 11.0. The summed E-state index contributed by atoms with van der Waals surface area (Å²) in [5.41, 5.74) is 3.87. The molecule has 1 atom stereocenters. The molecule has 0 radical (unpaired) electrons. The third-order valence-corrected chi connectivity index (χ3v) is 6.38. The molecule has 2 N–H and O–H groups in total. The van der Waals surface area contributed by atoms with Crippen LogP contribution >= 0.6 is 0 Å². The van der Waals surface area contributed by atoms with E-state index in [1.807, 2.05) is 54.6 Å². The maximum atomic E-state index is 12.3. The third-order valence-electron chi connectivity index (χ3n) is 6.38. The Morgan fingerprint density at radius 1 is 0.774 bits per heavy atom. The normalized spacial score (nSPS) is 16.8. The maximum absolute atomic E-state index is 12.3. The molecule has 0 saturated heterocycles. The van der Waals surface area contributed by atoms with Gasteiger partial charge in [0.15, 0.2) is 11.5 Å². The lowest BCUT2D eigenvalue weighted by Gasteiger charge is -2.29. The van der Waals surface area contributed by atoms with Crippen LogP contribution in [0.5, 0.6) is 17.2 Å². The van der Waals surface area contributed by atoms with Crippen molar-refractivity contribution < 1.29 is 19.7 Å². The van der Waals surface area contributed by atoms with E-state index in [1.165, 1.54) is 0 Å². The van der Waals surface area contributed by atoms with Crippen LogP contribution in [0.15, 0.2) is 66.7 Å². The molecule has 0 heterocycles. The Balaban J connectivity index is 1.94. The van der Waals surface area contributed by atoms with E-state index >= 15 is 0 Å². The Morgan fingerprint density at radius 2 is 1.39 bits per heavy atom. The van der Waals surface area contributed by atoms with E-state index in [-0.39, 0.29) is 5.75 Å². The molecule has 5 rings (SSSR count). The fourth-order valence-corrected chi connectivity index (χ4v) is 4.94. The van der Waals surface area contributed by atoms with E-state index in [4.69, 9.17) is 9.47 Å². The van der Waals surface area contributed by atoms with Crippen LogP contribution in [0, 0.1) is 0 Å². The standard InChI is InChI=1S/C27H24O4/c1-4-16-9-5-7-11-20(16)27(29)21-12-8-6-10-17(21)26-19-14-25(31-3)24(30-2)13-18(19)23(28)15-22(26)27/h5-15,28-29H,4H2,1-3H3. The second-order valence-electron chi connectivity index (χ2n) is 7.84. The lowest BCUT2D eigenvalue weighted by molar-refractivity contribution is 0.129. The molecule has 4 aromatic carbocycles. The van der Waals surface area contributed by atoms with Gasteiger partial charge < -0.3 is 19.7 Å². The highest BCUT2D eigenvalue weighted by molar-refractivity contribution is 6.06. The third kappa shape index (κ3) is 2.58. The first-order valence-electron chi connectivity index (χ1n) is 10.4. The van der Waals surface area contributed by atoms with E-state index < -0.39 is 5.60 Å². The van der Waals surface area contributed by atoms with Gasteiger partial charge >= 0.3 is 0 Å². The molecule has 0 bridgehead atoms. The Labute approximate surface area is 181 Å². The van der Waals surface area contributed by atoms with Crippen molar-refractivity contribution in [1.82, 2.24) is 0 Å². The van der Waals surface area contributed by atoms with Crippen molar-refractivity contribution in [2.75, 3.05) is 14.2 Å². The fourth-order valence-electron chi connectivity index (χ4n) is 4.94. The Hall–Kier alpha value is -3.50. The molecular formula is C27H24O4. The number of hydrogen-bond acceptors (Lipinski definition) is 4. The maximum Gasteiger partial charge on any atom is 0.161 e. The van der Waals surface area contributed by atoms with Crippen molar-refractivity contribution in [1.29, 1.82) is 0 Å². The molecule has 0 fully saturated rings. The van der Waals surface area contributed by atoms with Gasteiger partial charge in [-0.1, -0.05) is 55.5 Å². The van der Waals surface area contributed by atoms with Gasteiger partial charge in [0.05, 0.1) is 14.2 Å². The summed E-state index contributed by atoms with van der Waals surface area (Å²) in [4.78, 5) is 0. The van der Waals surface area contributed by atoms with Gasteiger partial charge in [-0.25, -0.2) is 0 Å². The molecule has 0 aromatic heterocycles. The Morgan fingerprint density at radius 3 is 2.06 bits per heavy atom. The number of phenols is 1. The van der Waals surface area contributed by atoms with Gasteiger partial charge in [-0.15, -0.1) is 0 Å². The topological polar surface area (TPSA) is 58.9 Å². The molecule has 156 valence electrons. The van der Waals surface area contributed by atoms with E-state index in [1.54, 1.807) is 26.4 Å². The zero-order valence-electron chi connectivity index (χ0n) is 17.8. The first kappa shape index (κ1) is 19.5. The highest BCUT2D eigenvalue weighted by Crippen LogP contribution is 2.56. The highest BCUT2D eigenvalue weighted by atomic mass is 16.5. The minimum Gasteiger partial charge on any atom is -0.507 e. The number of phenolic OH excluding ortho intramolecular Hbond substituents is 1. The minimum atomic E-state index is -1.36. The van der Waals surface area contributed by atoms with Crippen molar-refractivity contribution in [2.45, 2.75) is 18.9 Å². The van der Waals surface area contributed by atoms with Crippen molar-refractivity contribution in [3.05, 3.63) is 89.0 Å². The van der Waals surface area contributed by atoms with Crippen molar-refractivity contribution in [2.24, 2.45) is 0 Å². The molecule has 0 saturated carbocycles. The number of methoxy groups -OCH3 is 2. The number of aliphatic hydroxyl groups is 1. The Kier molecular flexibility index (Phi) is 4.42. The van der Waals surface area contributed by atoms with Crippen LogP contribution in [0.1, 0.15) is 29.2 Å². The molecule has 4 aromatic rings. The van der Waals surface area contributed by atoms with E-state index in [0.717, 1.165) is 39.6 Å². The summed E-state index contributed by atoms with van der Waals surface area (Å²) >= 11 is 0. The van der Waals surface area contributed by atoms with Gasteiger partial charge in [0, 0.05) is 16.5 Å². The van der Waals surface area contributed by atoms with E-state index in [0.29, 0.717) is 22.4 Å². The number of fused-ring (bicyclic) bond motifs is 5. The molecule has 31 heavy (non-hydrogen) atoms. The number of aryl methyl sites for hydroxylation is 1. The largest absolute Gasteiger partial charge is 0.507 e. The van der Waals surface area contributed by atoms with Crippen molar-refractivity contribution >= 4 is 10.8 Å². The van der Waals surface area contributed by atoms with Gasteiger partial charge in [0.1, 0.15) is 11.4 Å². The number of hydrogen-bond donors (Lipinski definition) is 2. The molecule has 1 unspecified atom stereocenters. The molecule has 1 aliphatic carbocycles. The zero-order chi connectivity index (χ0) is 21.8. The van der Waals surface area contributed by atoms with Gasteiger partial charge in [-0.05, 0) is 52.3 Å². The summed E-state index contributed by atoms with van der Waals surface area (Å²) in [5.74, 6) is 1.21. The summed E-state index contributed by atoms with van der Waals surface area (Å²) in [6.07, 6.45) is 0.792. The molecule has 4 nitrogen and oxygen atoms in total. The number of benzene rings is 4. The molecular weight excluding hydrogens is 388 g/mol. The van der Waals surface area contributed by atoms with Gasteiger partial charge in [-0.3, -0.25) is 0 Å². The average molecular weight is 412 g/mol. The van der Waals surface area contributed by atoms with Crippen LogP contribution in [-0.2, 0) is 12.0 Å². The van der Waals surface area contributed by atoms with Crippen LogP contribution in [-0.4, -0.2) is 24.4 Å². The molecule has 4 heteroatoms. The Bertz CT molecular complexity index is 1320. The van der Waals surface area contributed by atoms with Crippen LogP contribution < -0.4 is 9.47 Å². The SMILES string of the molecule is CCc1ccccc1C1(O)c2ccccc2-c2c1cc(O)c1cc(OC)c(OC)cc21. The van der Waals surface area contributed by atoms with Crippen molar-refractivity contribution in [3.8, 4) is 28.4 Å². The summed E-state index contributed by atoms with van der Waals surface area (Å²) in [6.45, 7) is 2.08. The molecule has 0 amide bonds. The summed E-state index contributed by atoms with van der Waals surface area (Å²) in [6, 6.07) is 21.2. The zero-order valence-corrected chi connectivity index (χ0v) is 17.8. The van der Waals surface area contributed by atoms with E-state index in [2.05, 4.69) is 6.92 Å². The number of rotatable bonds is 4. The van der Waals surface area contributed by atoms with Crippen LogP contribution in [0.2, 0.25) is 0 Å². The van der Waals surface area contributed by atoms with Crippen molar-refractivity contribution in [3.63, 3.8) is 0 Å². The lowest BCUT2D eigenvalue weighted by atomic mass is 9.81. The van der Waals surface area contributed by atoms with E-state index in [9.17, 15) is 10.2 Å². The average Bonchev–Trinajstić information content (AvgIpc) is 3.07. The molecule has 0 spiro atoms.